The summed E-state index contributed by atoms with van der Waals surface area (Å²) in [5.74, 6) is 0.219. The molecular formula is C19H22N4O4S. The normalized spacial score (nSPS) is 16.2. The molecule has 1 aliphatic rings. The van der Waals surface area contributed by atoms with Gasteiger partial charge in [-0.15, -0.1) is 0 Å². The molecule has 1 aromatic heterocycles. The highest BCUT2D eigenvalue weighted by Crippen LogP contribution is 2.34. The van der Waals surface area contributed by atoms with E-state index in [1.54, 1.807) is 7.05 Å². The van der Waals surface area contributed by atoms with Gasteiger partial charge in [0.15, 0.2) is 4.77 Å². The number of hydrogen-bond acceptors (Lipinski definition) is 6. The van der Waals surface area contributed by atoms with Gasteiger partial charge in [0.25, 0.3) is 5.56 Å². The second-order valence-electron chi connectivity index (χ2n) is 6.54. The van der Waals surface area contributed by atoms with Crippen molar-refractivity contribution >= 4 is 23.8 Å². The molecule has 1 aliphatic heterocycles. The number of aromatic hydroxyl groups is 1. The van der Waals surface area contributed by atoms with Gasteiger partial charge in [-0.25, -0.2) is 5.01 Å². The summed E-state index contributed by atoms with van der Waals surface area (Å²) in [5.41, 5.74) is 0.809. The lowest BCUT2D eigenvalue weighted by atomic mass is 9.99. The molecule has 148 valence electrons. The molecule has 1 aromatic carbocycles. The van der Waals surface area contributed by atoms with Crippen LogP contribution in [0.15, 0.2) is 34.2 Å². The van der Waals surface area contributed by atoms with E-state index in [-0.39, 0.29) is 28.2 Å². The zero-order valence-corrected chi connectivity index (χ0v) is 17.0. The van der Waals surface area contributed by atoms with E-state index in [1.165, 1.54) is 28.1 Å². The highest BCUT2D eigenvalue weighted by Gasteiger charge is 2.34. The summed E-state index contributed by atoms with van der Waals surface area (Å²) in [4.78, 5) is 24.9. The lowest BCUT2D eigenvalue weighted by Gasteiger charge is -2.20. The molecule has 2 aromatic rings. The predicted molar refractivity (Wildman–Crippen MR) is 107 cm³/mol. The van der Waals surface area contributed by atoms with Crippen LogP contribution in [0.3, 0.4) is 0 Å². The average molecular weight is 402 g/mol. The van der Waals surface area contributed by atoms with Crippen molar-refractivity contribution in [2.45, 2.75) is 26.3 Å². The molecule has 3 rings (SSSR count). The Labute approximate surface area is 167 Å². The molecule has 0 radical (unpaired) electrons. The molecule has 2 heterocycles. The Bertz CT molecular complexity index is 1070. The van der Waals surface area contributed by atoms with Crippen molar-refractivity contribution < 1.29 is 14.6 Å². The van der Waals surface area contributed by atoms with Crippen molar-refractivity contribution in [2.75, 3.05) is 6.61 Å². The van der Waals surface area contributed by atoms with Crippen LogP contribution < -0.4 is 10.3 Å². The molecule has 1 amide bonds. The van der Waals surface area contributed by atoms with E-state index in [0.29, 0.717) is 18.7 Å². The second-order valence-corrected chi connectivity index (χ2v) is 6.90. The lowest BCUT2D eigenvalue weighted by Crippen LogP contribution is -2.28. The number of carbonyl (C=O) groups excluding carboxylic acids is 1. The van der Waals surface area contributed by atoms with Crippen molar-refractivity contribution in [3.8, 4) is 11.6 Å². The maximum absolute atomic E-state index is 12.7. The largest absolute Gasteiger partial charge is 0.494 e. The van der Waals surface area contributed by atoms with Gasteiger partial charge in [-0.05, 0) is 36.8 Å². The third kappa shape index (κ3) is 3.33. The summed E-state index contributed by atoms with van der Waals surface area (Å²) < 4.78 is 8.27. The molecule has 1 atom stereocenters. The first-order valence-corrected chi connectivity index (χ1v) is 9.26. The van der Waals surface area contributed by atoms with Gasteiger partial charge in [0.2, 0.25) is 11.8 Å². The minimum Gasteiger partial charge on any atom is -0.494 e. The van der Waals surface area contributed by atoms with Crippen molar-refractivity contribution in [1.29, 1.82) is 0 Å². The van der Waals surface area contributed by atoms with Crippen LogP contribution in [-0.4, -0.2) is 37.5 Å². The Morgan fingerprint density at radius 1 is 1.29 bits per heavy atom. The molecule has 9 heteroatoms. The SMILES string of the molecule is CCOc1ccc([C@@H]2CC(c3c(O)n(C)c(=S)n(C)c3=O)=NN2C(C)=O)cc1. The molecular weight excluding hydrogens is 380 g/mol. The van der Waals surface area contributed by atoms with Gasteiger partial charge in [0.05, 0.1) is 18.4 Å². The smallest absolute Gasteiger partial charge is 0.267 e. The van der Waals surface area contributed by atoms with Gasteiger partial charge in [-0.1, -0.05) is 12.1 Å². The molecule has 0 saturated heterocycles. The van der Waals surface area contributed by atoms with Crippen molar-refractivity contribution in [2.24, 2.45) is 19.2 Å². The van der Waals surface area contributed by atoms with Crippen LogP contribution in [-0.2, 0) is 18.9 Å². The van der Waals surface area contributed by atoms with Gasteiger partial charge < -0.3 is 9.84 Å². The van der Waals surface area contributed by atoms with Gasteiger partial charge >= 0.3 is 0 Å². The molecule has 0 unspecified atom stereocenters. The predicted octanol–water partition coefficient (Wildman–Crippen LogP) is 2.26. The average Bonchev–Trinajstić information content (AvgIpc) is 3.11. The van der Waals surface area contributed by atoms with Gasteiger partial charge in [-0.3, -0.25) is 18.7 Å². The Morgan fingerprint density at radius 3 is 2.50 bits per heavy atom. The number of ether oxygens (including phenoxy) is 1. The van der Waals surface area contributed by atoms with E-state index in [4.69, 9.17) is 17.0 Å². The Kier molecular flexibility index (Phi) is 5.37. The van der Waals surface area contributed by atoms with Crippen LogP contribution in [0.25, 0.3) is 0 Å². The van der Waals surface area contributed by atoms with Crippen molar-refractivity contribution in [1.82, 2.24) is 14.1 Å². The molecule has 8 nitrogen and oxygen atoms in total. The Morgan fingerprint density at radius 2 is 1.93 bits per heavy atom. The molecule has 0 fully saturated rings. The van der Waals surface area contributed by atoms with Crippen LogP contribution in [0.1, 0.15) is 37.4 Å². The van der Waals surface area contributed by atoms with E-state index in [1.807, 2.05) is 31.2 Å². The fourth-order valence-corrected chi connectivity index (χ4v) is 3.42. The quantitative estimate of drug-likeness (QED) is 0.793. The van der Waals surface area contributed by atoms with Crippen LogP contribution in [0, 0.1) is 4.77 Å². The minimum absolute atomic E-state index is 0.0540. The highest BCUT2D eigenvalue weighted by atomic mass is 32.1. The molecule has 28 heavy (non-hydrogen) atoms. The molecule has 0 saturated carbocycles. The summed E-state index contributed by atoms with van der Waals surface area (Å²) in [6, 6.07) is 7.03. The monoisotopic (exact) mass is 402 g/mol. The Balaban J connectivity index is 2.05. The zero-order valence-electron chi connectivity index (χ0n) is 16.2. The number of hydrogen-bond donors (Lipinski definition) is 1. The third-order valence-electron chi connectivity index (χ3n) is 4.73. The number of benzene rings is 1. The number of rotatable bonds is 4. The summed E-state index contributed by atoms with van der Waals surface area (Å²) in [6.45, 7) is 3.88. The van der Waals surface area contributed by atoms with E-state index >= 15 is 0 Å². The fourth-order valence-electron chi connectivity index (χ4n) is 3.25. The van der Waals surface area contributed by atoms with Gasteiger partial charge in [-0.2, -0.15) is 5.10 Å². The molecule has 0 spiro atoms. The highest BCUT2D eigenvalue weighted by molar-refractivity contribution is 7.71. The number of amides is 1. The fraction of sp³-hybridized carbons (Fsp3) is 0.368. The molecule has 0 bridgehead atoms. The van der Waals surface area contributed by atoms with E-state index < -0.39 is 5.56 Å². The van der Waals surface area contributed by atoms with Crippen LogP contribution in [0.2, 0.25) is 0 Å². The molecule has 1 N–H and O–H groups in total. The number of hydrazone groups is 1. The topological polar surface area (TPSA) is 89.1 Å². The maximum Gasteiger partial charge on any atom is 0.267 e. The summed E-state index contributed by atoms with van der Waals surface area (Å²) >= 11 is 5.15. The number of aromatic nitrogens is 2. The first-order chi connectivity index (χ1) is 13.3. The van der Waals surface area contributed by atoms with Gasteiger partial charge in [0, 0.05) is 27.4 Å². The first-order valence-electron chi connectivity index (χ1n) is 8.85. The van der Waals surface area contributed by atoms with Crippen LogP contribution in [0.4, 0.5) is 0 Å². The van der Waals surface area contributed by atoms with Crippen molar-refractivity contribution in [3.05, 3.63) is 50.5 Å². The van der Waals surface area contributed by atoms with Crippen LogP contribution >= 0.6 is 12.2 Å². The van der Waals surface area contributed by atoms with E-state index in [9.17, 15) is 14.7 Å². The minimum atomic E-state index is -0.449. The number of carbonyl (C=O) groups is 1. The van der Waals surface area contributed by atoms with Crippen molar-refractivity contribution in [3.63, 3.8) is 0 Å². The Hall–Kier alpha value is -2.94. The lowest BCUT2D eigenvalue weighted by molar-refractivity contribution is -0.130. The zero-order chi connectivity index (χ0) is 20.6. The van der Waals surface area contributed by atoms with E-state index in [2.05, 4.69) is 5.10 Å². The number of nitrogens with zero attached hydrogens (tertiary/aromatic N) is 4. The van der Waals surface area contributed by atoms with E-state index in [0.717, 1.165) is 11.3 Å². The summed E-state index contributed by atoms with van der Waals surface area (Å²) in [6.07, 6.45) is 0.299. The summed E-state index contributed by atoms with van der Waals surface area (Å²) in [7, 11) is 3.11. The standard InChI is InChI=1S/C19H22N4O4S/c1-5-27-13-8-6-12(7-9-13)15-10-14(20-23(15)11(2)24)16-17(25)21(3)19(28)22(4)18(16)26/h6-9,15,25H,5,10H2,1-4H3/t15-/m0/s1. The first kappa shape index (κ1) is 19.8. The maximum atomic E-state index is 12.7. The van der Waals surface area contributed by atoms with Crippen LogP contribution in [0.5, 0.6) is 11.6 Å². The molecule has 0 aliphatic carbocycles. The van der Waals surface area contributed by atoms with Gasteiger partial charge in [0.1, 0.15) is 11.3 Å². The second kappa shape index (κ2) is 7.59. The summed E-state index contributed by atoms with van der Waals surface area (Å²) in [5, 5.41) is 16.2. The third-order valence-corrected chi connectivity index (χ3v) is 5.28.